The maximum Gasteiger partial charge on any atom is 0.332 e. The molecular weight excluding hydrogens is 214 g/mol. The quantitative estimate of drug-likeness (QED) is 0.680. The van der Waals surface area contributed by atoms with Gasteiger partial charge in [-0.25, -0.2) is 4.79 Å². The van der Waals surface area contributed by atoms with Crippen molar-refractivity contribution in [2.24, 2.45) is 0 Å². The molecule has 0 aliphatic heterocycles. The molecular formula is C10H19NO3S. The molecule has 0 aromatic rings. The van der Waals surface area contributed by atoms with Crippen molar-refractivity contribution in [3.05, 3.63) is 0 Å². The standard InChI is InChI=1S/C10H19NO3S/c1-5-10(13)14-11(4)9(12)6-7-15-8(2)3/h8H,5-7H2,1-4H3. The maximum absolute atomic E-state index is 11.4. The van der Waals surface area contributed by atoms with E-state index in [1.807, 2.05) is 0 Å². The molecule has 0 aliphatic rings. The fraction of sp³-hybridized carbons (Fsp3) is 0.800. The first-order valence-electron chi connectivity index (χ1n) is 5.06. The Bertz CT molecular complexity index is 219. The zero-order chi connectivity index (χ0) is 11.8. The second-order valence-electron chi connectivity index (χ2n) is 3.38. The van der Waals surface area contributed by atoms with Gasteiger partial charge < -0.3 is 4.84 Å². The number of carbonyl (C=O) groups excluding carboxylic acids is 2. The van der Waals surface area contributed by atoms with E-state index < -0.39 is 0 Å². The Labute approximate surface area is 95.3 Å². The van der Waals surface area contributed by atoms with Crippen LogP contribution in [0.5, 0.6) is 0 Å². The molecule has 5 heteroatoms. The molecule has 0 fully saturated rings. The molecule has 0 bridgehead atoms. The van der Waals surface area contributed by atoms with Gasteiger partial charge in [-0.05, 0) is 5.25 Å². The lowest BCUT2D eigenvalue weighted by molar-refractivity contribution is -0.192. The number of hydroxylamine groups is 2. The van der Waals surface area contributed by atoms with Crippen molar-refractivity contribution >= 4 is 23.6 Å². The van der Waals surface area contributed by atoms with Gasteiger partial charge in [-0.3, -0.25) is 4.79 Å². The number of thioether (sulfide) groups is 1. The molecule has 15 heavy (non-hydrogen) atoms. The molecule has 0 saturated carbocycles. The zero-order valence-electron chi connectivity index (χ0n) is 9.78. The molecule has 0 rings (SSSR count). The SMILES string of the molecule is CCC(=O)ON(C)C(=O)CCSC(C)C. The first kappa shape index (κ1) is 14.3. The summed E-state index contributed by atoms with van der Waals surface area (Å²) in [6, 6.07) is 0. The van der Waals surface area contributed by atoms with Crippen LogP contribution in [0.25, 0.3) is 0 Å². The van der Waals surface area contributed by atoms with E-state index in [2.05, 4.69) is 13.8 Å². The fourth-order valence-corrected chi connectivity index (χ4v) is 1.57. The Kier molecular flexibility index (Phi) is 7.21. The lowest BCUT2D eigenvalue weighted by atomic mass is 10.4. The van der Waals surface area contributed by atoms with Crippen LogP contribution < -0.4 is 0 Å². The molecule has 0 unspecified atom stereocenters. The molecule has 0 radical (unpaired) electrons. The molecule has 0 aromatic heterocycles. The van der Waals surface area contributed by atoms with Gasteiger partial charge in [-0.15, -0.1) is 0 Å². The van der Waals surface area contributed by atoms with Crippen LogP contribution in [0.3, 0.4) is 0 Å². The van der Waals surface area contributed by atoms with Crippen molar-refractivity contribution < 1.29 is 14.4 Å². The van der Waals surface area contributed by atoms with Crippen LogP contribution in [-0.4, -0.2) is 35.0 Å². The number of rotatable bonds is 5. The summed E-state index contributed by atoms with van der Waals surface area (Å²) in [6.45, 7) is 5.85. The highest BCUT2D eigenvalue weighted by atomic mass is 32.2. The third kappa shape index (κ3) is 7.25. The van der Waals surface area contributed by atoms with Crippen molar-refractivity contribution in [2.75, 3.05) is 12.8 Å². The number of nitrogens with zero attached hydrogens (tertiary/aromatic N) is 1. The summed E-state index contributed by atoms with van der Waals surface area (Å²) in [4.78, 5) is 27.1. The van der Waals surface area contributed by atoms with Crippen molar-refractivity contribution in [3.63, 3.8) is 0 Å². The minimum atomic E-state index is -0.387. The van der Waals surface area contributed by atoms with E-state index in [4.69, 9.17) is 4.84 Å². The van der Waals surface area contributed by atoms with Gasteiger partial charge in [0.1, 0.15) is 0 Å². The Morgan fingerprint density at radius 3 is 2.47 bits per heavy atom. The Morgan fingerprint density at radius 2 is 2.00 bits per heavy atom. The van der Waals surface area contributed by atoms with Crippen molar-refractivity contribution in [2.45, 2.75) is 38.9 Å². The summed E-state index contributed by atoms with van der Waals surface area (Å²) in [6.07, 6.45) is 0.675. The van der Waals surface area contributed by atoms with E-state index in [0.29, 0.717) is 11.7 Å². The summed E-state index contributed by atoms with van der Waals surface area (Å²) in [7, 11) is 1.47. The predicted molar refractivity (Wildman–Crippen MR) is 61.4 cm³/mol. The van der Waals surface area contributed by atoms with E-state index in [0.717, 1.165) is 10.8 Å². The molecule has 0 atom stereocenters. The van der Waals surface area contributed by atoms with Gasteiger partial charge in [0.15, 0.2) is 0 Å². The van der Waals surface area contributed by atoms with Gasteiger partial charge in [-0.2, -0.15) is 16.8 Å². The summed E-state index contributed by atoms with van der Waals surface area (Å²) in [5.41, 5.74) is 0. The van der Waals surface area contributed by atoms with Gasteiger partial charge in [0.05, 0.1) is 0 Å². The molecule has 1 amide bonds. The van der Waals surface area contributed by atoms with Crippen LogP contribution in [0.2, 0.25) is 0 Å². The lowest BCUT2D eigenvalue weighted by Crippen LogP contribution is -2.29. The normalized spacial score (nSPS) is 10.2. The van der Waals surface area contributed by atoms with Gasteiger partial charge in [-0.1, -0.05) is 20.8 Å². The van der Waals surface area contributed by atoms with Gasteiger partial charge in [0.25, 0.3) is 5.91 Å². The van der Waals surface area contributed by atoms with Crippen molar-refractivity contribution in [1.29, 1.82) is 0 Å². The van der Waals surface area contributed by atoms with Crippen LogP contribution in [-0.2, 0) is 14.4 Å². The fourth-order valence-electron chi connectivity index (χ4n) is 0.808. The summed E-state index contributed by atoms with van der Waals surface area (Å²) in [5.74, 6) is 0.206. The minimum absolute atomic E-state index is 0.162. The zero-order valence-corrected chi connectivity index (χ0v) is 10.6. The van der Waals surface area contributed by atoms with E-state index in [1.54, 1.807) is 18.7 Å². The highest BCUT2D eigenvalue weighted by Gasteiger charge is 2.12. The van der Waals surface area contributed by atoms with Crippen molar-refractivity contribution in [1.82, 2.24) is 5.06 Å². The second-order valence-corrected chi connectivity index (χ2v) is 5.06. The number of hydrogen-bond acceptors (Lipinski definition) is 4. The number of carbonyl (C=O) groups is 2. The predicted octanol–water partition coefficient (Wildman–Crippen LogP) is 1.84. The first-order chi connectivity index (χ1) is 6.97. The molecule has 0 aromatic carbocycles. The molecule has 88 valence electrons. The highest BCUT2D eigenvalue weighted by Crippen LogP contribution is 2.11. The van der Waals surface area contributed by atoms with Crippen LogP contribution >= 0.6 is 11.8 Å². The summed E-state index contributed by atoms with van der Waals surface area (Å²) >= 11 is 1.71. The van der Waals surface area contributed by atoms with Gasteiger partial charge >= 0.3 is 5.97 Å². The summed E-state index contributed by atoms with van der Waals surface area (Å²) < 4.78 is 0. The number of hydrogen-bond donors (Lipinski definition) is 0. The van der Waals surface area contributed by atoms with Gasteiger partial charge in [0, 0.05) is 25.6 Å². The Balaban J connectivity index is 3.74. The molecule has 0 spiro atoms. The maximum atomic E-state index is 11.4. The minimum Gasteiger partial charge on any atom is -0.338 e. The monoisotopic (exact) mass is 233 g/mol. The number of amides is 1. The van der Waals surface area contributed by atoms with E-state index >= 15 is 0 Å². The smallest absolute Gasteiger partial charge is 0.332 e. The van der Waals surface area contributed by atoms with Crippen LogP contribution in [0.1, 0.15) is 33.6 Å². The lowest BCUT2D eigenvalue weighted by Gasteiger charge is -2.15. The largest absolute Gasteiger partial charge is 0.338 e. The average molecular weight is 233 g/mol. The Hall–Kier alpha value is -0.710. The van der Waals surface area contributed by atoms with E-state index in [9.17, 15) is 9.59 Å². The van der Waals surface area contributed by atoms with E-state index in [-0.39, 0.29) is 18.3 Å². The van der Waals surface area contributed by atoms with Crippen LogP contribution in [0, 0.1) is 0 Å². The summed E-state index contributed by atoms with van der Waals surface area (Å²) in [5, 5.41) is 1.54. The highest BCUT2D eigenvalue weighted by molar-refractivity contribution is 7.99. The topological polar surface area (TPSA) is 46.6 Å². The molecule has 0 aliphatic carbocycles. The van der Waals surface area contributed by atoms with Crippen LogP contribution in [0.15, 0.2) is 0 Å². The second kappa shape index (κ2) is 7.56. The molecule has 0 heterocycles. The van der Waals surface area contributed by atoms with Crippen molar-refractivity contribution in [3.8, 4) is 0 Å². The molecule has 4 nitrogen and oxygen atoms in total. The molecule has 0 N–H and O–H groups in total. The van der Waals surface area contributed by atoms with Crippen LogP contribution in [0.4, 0.5) is 0 Å². The van der Waals surface area contributed by atoms with E-state index in [1.165, 1.54) is 7.05 Å². The van der Waals surface area contributed by atoms with Gasteiger partial charge in [0.2, 0.25) is 0 Å². The first-order valence-corrected chi connectivity index (χ1v) is 6.11. The third-order valence-electron chi connectivity index (χ3n) is 1.65. The third-order valence-corrected chi connectivity index (χ3v) is 2.75. The Morgan fingerprint density at radius 1 is 1.40 bits per heavy atom. The average Bonchev–Trinajstić information content (AvgIpc) is 2.16. The molecule has 0 saturated heterocycles.